The molecule has 0 saturated heterocycles. The van der Waals surface area contributed by atoms with Gasteiger partial charge in [-0.2, -0.15) is 5.26 Å². The number of aryl methyl sites for hydroxylation is 2. The number of furan rings is 1. The van der Waals surface area contributed by atoms with Crippen molar-refractivity contribution in [2.24, 2.45) is 0 Å². The minimum Gasteiger partial charge on any atom is -0.459 e. The van der Waals surface area contributed by atoms with Crippen LogP contribution in [0.1, 0.15) is 24.7 Å². The highest BCUT2D eigenvalue weighted by Gasteiger charge is 2.13. The number of hydrogen-bond donors (Lipinski definition) is 1. The van der Waals surface area contributed by atoms with Gasteiger partial charge in [-0.25, -0.2) is 0 Å². The van der Waals surface area contributed by atoms with Crippen LogP contribution >= 0.6 is 0 Å². The molecule has 18 heavy (non-hydrogen) atoms. The molecular formula is C14H14N2O2. The van der Waals surface area contributed by atoms with Gasteiger partial charge in [-0.05, 0) is 18.6 Å². The predicted molar refractivity (Wildman–Crippen MR) is 69.2 cm³/mol. The number of carbonyl (C=O) groups excluding carboxylic acids is 1. The topological polar surface area (TPSA) is 66.0 Å². The molecule has 1 N–H and O–H groups in total. The number of fused-ring (bicyclic) bond motifs is 1. The standard InChI is InChI=1S/C14H14N2O2/c1-3-12-9(2)10-5-4-6-11(14(10)18-12)16-13(17)7-8-15/h4-6H,3,7H2,1-2H3,(H,16,17). The number of anilines is 1. The van der Waals surface area contributed by atoms with Gasteiger partial charge in [-0.3, -0.25) is 4.79 Å². The van der Waals surface area contributed by atoms with Gasteiger partial charge in [0, 0.05) is 11.8 Å². The molecule has 0 unspecified atom stereocenters. The molecule has 2 aromatic rings. The number of benzene rings is 1. The van der Waals surface area contributed by atoms with Gasteiger partial charge in [0.05, 0.1) is 11.8 Å². The minimum atomic E-state index is -0.322. The fourth-order valence-electron chi connectivity index (χ4n) is 1.99. The normalized spacial score (nSPS) is 10.3. The van der Waals surface area contributed by atoms with Gasteiger partial charge >= 0.3 is 0 Å². The second-order valence-corrected chi connectivity index (χ2v) is 4.07. The van der Waals surface area contributed by atoms with Crippen molar-refractivity contribution >= 4 is 22.6 Å². The lowest BCUT2D eigenvalue weighted by Gasteiger charge is -2.02. The molecule has 92 valence electrons. The van der Waals surface area contributed by atoms with Gasteiger partial charge in [0.25, 0.3) is 0 Å². The molecule has 0 aliphatic carbocycles. The van der Waals surface area contributed by atoms with E-state index in [2.05, 4.69) is 5.32 Å². The molecule has 1 heterocycles. The number of rotatable bonds is 3. The molecular weight excluding hydrogens is 228 g/mol. The van der Waals surface area contributed by atoms with E-state index in [1.165, 1.54) is 0 Å². The summed E-state index contributed by atoms with van der Waals surface area (Å²) in [6.07, 6.45) is 0.656. The summed E-state index contributed by atoms with van der Waals surface area (Å²) in [6, 6.07) is 7.43. The maximum Gasteiger partial charge on any atom is 0.238 e. The Balaban J connectivity index is 2.46. The first-order valence-corrected chi connectivity index (χ1v) is 5.85. The molecule has 1 aromatic heterocycles. The Kier molecular flexibility index (Phi) is 3.33. The van der Waals surface area contributed by atoms with E-state index in [9.17, 15) is 4.79 Å². The van der Waals surface area contributed by atoms with Crippen molar-refractivity contribution < 1.29 is 9.21 Å². The molecule has 0 bridgehead atoms. The number of nitriles is 1. The quantitative estimate of drug-likeness (QED) is 0.899. The first-order valence-electron chi connectivity index (χ1n) is 5.85. The average Bonchev–Trinajstić information content (AvgIpc) is 2.68. The largest absolute Gasteiger partial charge is 0.459 e. The van der Waals surface area contributed by atoms with E-state index in [4.69, 9.17) is 9.68 Å². The summed E-state index contributed by atoms with van der Waals surface area (Å²) in [6.45, 7) is 4.03. The molecule has 0 aliphatic heterocycles. The lowest BCUT2D eigenvalue weighted by Crippen LogP contribution is -2.10. The van der Waals surface area contributed by atoms with Gasteiger partial charge < -0.3 is 9.73 Å². The van der Waals surface area contributed by atoms with Crippen LogP contribution in [0, 0.1) is 18.3 Å². The van der Waals surface area contributed by atoms with E-state index in [0.717, 1.165) is 23.1 Å². The third kappa shape index (κ3) is 2.07. The Morgan fingerprint density at radius 3 is 2.94 bits per heavy atom. The predicted octanol–water partition coefficient (Wildman–Crippen LogP) is 3.16. The number of para-hydroxylation sites is 1. The van der Waals surface area contributed by atoms with Crippen molar-refractivity contribution in [3.05, 3.63) is 29.5 Å². The van der Waals surface area contributed by atoms with E-state index >= 15 is 0 Å². The number of hydrogen-bond acceptors (Lipinski definition) is 3. The third-order valence-electron chi connectivity index (χ3n) is 2.90. The minimum absolute atomic E-state index is 0.156. The van der Waals surface area contributed by atoms with Crippen LogP contribution in [0.25, 0.3) is 11.0 Å². The summed E-state index contributed by atoms with van der Waals surface area (Å²) >= 11 is 0. The van der Waals surface area contributed by atoms with Gasteiger partial charge in [0.2, 0.25) is 5.91 Å². The first-order chi connectivity index (χ1) is 8.67. The van der Waals surface area contributed by atoms with Crippen molar-refractivity contribution in [3.63, 3.8) is 0 Å². The number of carbonyl (C=O) groups is 1. The third-order valence-corrected chi connectivity index (χ3v) is 2.90. The highest BCUT2D eigenvalue weighted by atomic mass is 16.3. The highest BCUT2D eigenvalue weighted by Crippen LogP contribution is 2.31. The molecule has 0 fully saturated rings. The summed E-state index contributed by atoms with van der Waals surface area (Å²) in [5.74, 6) is 0.601. The van der Waals surface area contributed by atoms with Gasteiger partial charge in [-0.1, -0.05) is 19.1 Å². The van der Waals surface area contributed by atoms with Crippen molar-refractivity contribution in [2.45, 2.75) is 26.7 Å². The van der Waals surface area contributed by atoms with Crippen LogP contribution in [0.4, 0.5) is 5.69 Å². The van der Waals surface area contributed by atoms with E-state index in [1.54, 1.807) is 6.07 Å². The zero-order valence-corrected chi connectivity index (χ0v) is 10.4. The van der Waals surface area contributed by atoms with Crippen LogP contribution in [0.5, 0.6) is 0 Å². The molecule has 1 amide bonds. The van der Waals surface area contributed by atoms with E-state index in [-0.39, 0.29) is 12.3 Å². The zero-order chi connectivity index (χ0) is 13.1. The highest BCUT2D eigenvalue weighted by molar-refractivity contribution is 6.01. The molecule has 0 aliphatic rings. The van der Waals surface area contributed by atoms with Crippen LogP contribution < -0.4 is 5.32 Å². The zero-order valence-electron chi connectivity index (χ0n) is 10.4. The van der Waals surface area contributed by atoms with Crippen molar-refractivity contribution in [1.29, 1.82) is 5.26 Å². The van der Waals surface area contributed by atoms with Crippen LogP contribution in [0.3, 0.4) is 0 Å². The Hall–Kier alpha value is -2.28. The summed E-state index contributed by atoms with van der Waals surface area (Å²) in [5.41, 5.74) is 2.40. The van der Waals surface area contributed by atoms with Crippen molar-refractivity contribution in [1.82, 2.24) is 0 Å². The molecule has 0 spiro atoms. The van der Waals surface area contributed by atoms with E-state index < -0.39 is 0 Å². The van der Waals surface area contributed by atoms with Crippen molar-refractivity contribution in [3.8, 4) is 6.07 Å². The molecule has 4 nitrogen and oxygen atoms in total. The molecule has 1 aromatic carbocycles. The van der Waals surface area contributed by atoms with E-state index in [0.29, 0.717) is 11.3 Å². The first kappa shape index (κ1) is 12.2. The second kappa shape index (κ2) is 4.92. The number of nitrogens with one attached hydrogen (secondary N) is 1. The Morgan fingerprint density at radius 2 is 2.28 bits per heavy atom. The van der Waals surface area contributed by atoms with Crippen LogP contribution in [0.15, 0.2) is 22.6 Å². The van der Waals surface area contributed by atoms with Crippen LogP contribution in [-0.2, 0) is 11.2 Å². The maximum atomic E-state index is 11.4. The second-order valence-electron chi connectivity index (χ2n) is 4.07. The van der Waals surface area contributed by atoms with E-state index in [1.807, 2.05) is 32.0 Å². The fourth-order valence-corrected chi connectivity index (χ4v) is 1.99. The number of amides is 1. The summed E-state index contributed by atoms with van der Waals surface area (Å²) in [7, 11) is 0. The monoisotopic (exact) mass is 242 g/mol. The lowest BCUT2D eigenvalue weighted by molar-refractivity contribution is -0.115. The Bertz CT molecular complexity index is 635. The molecule has 0 atom stereocenters. The Morgan fingerprint density at radius 1 is 1.50 bits per heavy atom. The smallest absolute Gasteiger partial charge is 0.238 e. The summed E-state index contributed by atoms with van der Waals surface area (Å²) in [5, 5.41) is 12.2. The molecule has 0 radical (unpaired) electrons. The molecule has 2 rings (SSSR count). The lowest BCUT2D eigenvalue weighted by atomic mass is 10.1. The Labute approximate surface area is 105 Å². The average molecular weight is 242 g/mol. The van der Waals surface area contributed by atoms with Crippen LogP contribution in [-0.4, -0.2) is 5.91 Å². The van der Waals surface area contributed by atoms with Gasteiger partial charge in [-0.15, -0.1) is 0 Å². The summed E-state index contributed by atoms with van der Waals surface area (Å²) < 4.78 is 5.76. The van der Waals surface area contributed by atoms with Gasteiger partial charge in [0.15, 0.2) is 5.58 Å². The maximum absolute atomic E-state index is 11.4. The molecule has 4 heteroatoms. The van der Waals surface area contributed by atoms with Crippen LogP contribution in [0.2, 0.25) is 0 Å². The SMILES string of the molecule is CCc1oc2c(NC(=O)CC#N)cccc2c1C. The number of nitrogens with zero attached hydrogens (tertiary/aromatic N) is 1. The van der Waals surface area contributed by atoms with Crippen molar-refractivity contribution in [2.75, 3.05) is 5.32 Å². The van der Waals surface area contributed by atoms with Gasteiger partial charge in [0.1, 0.15) is 12.2 Å². The summed E-state index contributed by atoms with van der Waals surface area (Å²) in [4.78, 5) is 11.4. The molecule has 0 saturated carbocycles. The fraction of sp³-hybridized carbons (Fsp3) is 0.286.